The largest absolute Gasteiger partial charge is 0.353 e. The van der Waals surface area contributed by atoms with Crippen molar-refractivity contribution in [1.82, 2.24) is 20.0 Å². The SMILES string of the molecule is Cc1nn(-c2ccccc2)c(C)c1C1C(=O)NCCN1CCC(=O)Nc1ccccc1Cl. The summed E-state index contributed by atoms with van der Waals surface area (Å²) >= 11 is 6.14. The Morgan fingerprint density at radius 3 is 2.62 bits per heavy atom. The van der Waals surface area contributed by atoms with E-state index in [1.807, 2.05) is 61.0 Å². The quantitative estimate of drug-likeness (QED) is 0.599. The number of piperazine rings is 1. The van der Waals surface area contributed by atoms with Crippen LogP contribution in [0.25, 0.3) is 5.69 Å². The lowest BCUT2D eigenvalue weighted by Crippen LogP contribution is -2.50. The van der Waals surface area contributed by atoms with E-state index in [1.54, 1.807) is 12.1 Å². The molecule has 1 fully saturated rings. The minimum absolute atomic E-state index is 0.0680. The minimum atomic E-state index is -0.491. The highest BCUT2D eigenvalue weighted by Crippen LogP contribution is 2.30. The number of carbonyl (C=O) groups is 2. The van der Waals surface area contributed by atoms with E-state index in [2.05, 4.69) is 15.5 Å². The first-order valence-corrected chi connectivity index (χ1v) is 11.0. The fraction of sp³-hybridized carbons (Fsp3) is 0.292. The lowest BCUT2D eigenvalue weighted by Gasteiger charge is -2.35. The molecule has 1 aromatic heterocycles. The molecule has 0 spiro atoms. The van der Waals surface area contributed by atoms with E-state index in [9.17, 15) is 9.59 Å². The number of nitrogens with one attached hydrogen (secondary N) is 2. The normalized spacial score (nSPS) is 16.6. The molecule has 8 heteroatoms. The molecule has 166 valence electrons. The van der Waals surface area contributed by atoms with Gasteiger partial charge in [0.15, 0.2) is 0 Å². The van der Waals surface area contributed by atoms with Crippen molar-refractivity contribution in [2.24, 2.45) is 0 Å². The predicted molar refractivity (Wildman–Crippen MR) is 125 cm³/mol. The third-order valence-electron chi connectivity index (χ3n) is 5.71. The first-order valence-electron chi connectivity index (χ1n) is 10.6. The molecule has 7 nitrogen and oxygen atoms in total. The van der Waals surface area contributed by atoms with E-state index >= 15 is 0 Å². The molecule has 3 aromatic rings. The summed E-state index contributed by atoms with van der Waals surface area (Å²) in [6, 6.07) is 16.5. The van der Waals surface area contributed by atoms with Crippen molar-refractivity contribution < 1.29 is 9.59 Å². The maximum Gasteiger partial charge on any atom is 0.242 e. The maximum atomic E-state index is 12.9. The summed E-state index contributed by atoms with van der Waals surface area (Å²) in [4.78, 5) is 27.5. The number of hydrogen-bond donors (Lipinski definition) is 2. The minimum Gasteiger partial charge on any atom is -0.353 e. The fourth-order valence-corrected chi connectivity index (χ4v) is 4.34. The highest BCUT2D eigenvalue weighted by Gasteiger charge is 2.35. The molecule has 1 aliphatic heterocycles. The highest BCUT2D eigenvalue weighted by molar-refractivity contribution is 6.33. The molecule has 0 radical (unpaired) electrons. The number of para-hydroxylation sites is 2. The van der Waals surface area contributed by atoms with E-state index in [1.165, 1.54) is 0 Å². The molecule has 32 heavy (non-hydrogen) atoms. The van der Waals surface area contributed by atoms with Crippen LogP contribution in [0.1, 0.15) is 29.4 Å². The van der Waals surface area contributed by atoms with Crippen LogP contribution in [0.4, 0.5) is 5.69 Å². The van der Waals surface area contributed by atoms with Crippen molar-refractivity contribution in [2.45, 2.75) is 26.3 Å². The Balaban J connectivity index is 1.54. The van der Waals surface area contributed by atoms with E-state index < -0.39 is 6.04 Å². The zero-order valence-corrected chi connectivity index (χ0v) is 18.9. The van der Waals surface area contributed by atoms with Crippen molar-refractivity contribution in [1.29, 1.82) is 0 Å². The monoisotopic (exact) mass is 451 g/mol. The Bertz CT molecular complexity index is 1130. The van der Waals surface area contributed by atoms with Gasteiger partial charge in [0.1, 0.15) is 6.04 Å². The van der Waals surface area contributed by atoms with Gasteiger partial charge in [0.2, 0.25) is 11.8 Å². The van der Waals surface area contributed by atoms with Crippen LogP contribution in [0.5, 0.6) is 0 Å². The molecule has 1 unspecified atom stereocenters. The molecule has 4 rings (SSSR count). The Morgan fingerprint density at radius 1 is 1.16 bits per heavy atom. The summed E-state index contributed by atoms with van der Waals surface area (Å²) < 4.78 is 1.87. The molecule has 1 atom stereocenters. The number of carbonyl (C=O) groups excluding carboxylic acids is 2. The zero-order valence-electron chi connectivity index (χ0n) is 18.1. The first kappa shape index (κ1) is 22.0. The van der Waals surface area contributed by atoms with Gasteiger partial charge in [-0.05, 0) is 38.1 Å². The molecule has 0 aliphatic carbocycles. The van der Waals surface area contributed by atoms with Crippen LogP contribution in [0.2, 0.25) is 5.02 Å². The van der Waals surface area contributed by atoms with Gasteiger partial charge in [-0.1, -0.05) is 41.9 Å². The molecule has 0 saturated carbocycles. The number of aromatic nitrogens is 2. The summed E-state index contributed by atoms with van der Waals surface area (Å²) in [5, 5.41) is 11.0. The van der Waals surface area contributed by atoms with Crippen LogP contribution in [-0.4, -0.2) is 46.1 Å². The van der Waals surface area contributed by atoms with Crippen LogP contribution < -0.4 is 10.6 Å². The molecule has 2 heterocycles. The molecule has 1 aliphatic rings. The molecule has 2 amide bonds. The molecule has 0 bridgehead atoms. The van der Waals surface area contributed by atoms with Gasteiger partial charge in [-0.3, -0.25) is 14.5 Å². The van der Waals surface area contributed by atoms with Gasteiger partial charge >= 0.3 is 0 Å². The van der Waals surface area contributed by atoms with Crippen LogP contribution in [-0.2, 0) is 9.59 Å². The topological polar surface area (TPSA) is 79.3 Å². The Hall–Kier alpha value is -3.16. The predicted octanol–water partition coefficient (Wildman–Crippen LogP) is 3.64. The highest BCUT2D eigenvalue weighted by atomic mass is 35.5. The van der Waals surface area contributed by atoms with Crippen molar-refractivity contribution in [2.75, 3.05) is 25.0 Å². The van der Waals surface area contributed by atoms with Crippen LogP contribution in [0.3, 0.4) is 0 Å². The summed E-state index contributed by atoms with van der Waals surface area (Å²) in [7, 11) is 0. The smallest absolute Gasteiger partial charge is 0.242 e. The number of aryl methyl sites for hydroxylation is 1. The average Bonchev–Trinajstić information content (AvgIpc) is 3.08. The van der Waals surface area contributed by atoms with Gasteiger partial charge in [-0.15, -0.1) is 0 Å². The number of halogens is 1. The van der Waals surface area contributed by atoms with Crippen molar-refractivity contribution in [3.05, 3.63) is 76.6 Å². The van der Waals surface area contributed by atoms with E-state index in [0.717, 1.165) is 22.6 Å². The fourth-order valence-electron chi connectivity index (χ4n) is 4.16. The lowest BCUT2D eigenvalue weighted by molar-refractivity contribution is -0.130. The van der Waals surface area contributed by atoms with E-state index in [4.69, 9.17) is 16.7 Å². The van der Waals surface area contributed by atoms with Crippen LogP contribution in [0, 0.1) is 13.8 Å². The Kier molecular flexibility index (Phi) is 6.58. The maximum absolute atomic E-state index is 12.9. The van der Waals surface area contributed by atoms with Gasteiger partial charge in [0.25, 0.3) is 0 Å². The van der Waals surface area contributed by atoms with Gasteiger partial charge in [-0.25, -0.2) is 4.68 Å². The zero-order chi connectivity index (χ0) is 22.7. The van der Waals surface area contributed by atoms with Crippen LogP contribution >= 0.6 is 11.6 Å². The number of nitrogens with zero attached hydrogens (tertiary/aromatic N) is 3. The van der Waals surface area contributed by atoms with Gasteiger partial charge < -0.3 is 10.6 Å². The third kappa shape index (κ3) is 4.54. The molecule has 2 N–H and O–H groups in total. The van der Waals surface area contributed by atoms with E-state index in [-0.39, 0.29) is 18.2 Å². The van der Waals surface area contributed by atoms with Crippen LogP contribution in [0.15, 0.2) is 54.6 Å². The molecule has 1 saturated heterocycles. The second-order valence-corrected chi connectivity index (χ2v) is 8.25. The number of rotatable bonds is 6. The number of benzene rings is 2. The standard InChI is InChI=1S/C24H26ClN5O2/c1-16-22(17(2)30(28-16)18-8-4-3-5-9-18)23-24(32)26-13-15-29(23)14-12-21(31)27-20-11-7-6-10-19(20)25/h3-11,23H,12-15H2,1-2H3,(H,26,32)(H,27,31). The summed E-state index contributed by atoms with van der Waals surface area (Å²) in [5.41, 5.74) is 4.14. The van der Waals surface area contributed by atoms with Gasteiger partial charge in [0, 0.05) is 37.3 Å². The second kappa shape index (κ2) is 9.54. The summed E-state index contributed by atoms with van der Waals surface area (Å²) in [5.74, 6) is -0.210. The molecule has 2 aromatic carbocycles. The number of hydrogen-bond acceptors (Lipinski definition) is 4. The third-order valence-corrected chi connectivity index (χ3v) is 6.04. The van der Waals surface area contributed by atoms with Gasteiger partial charge in [-0.2, -0.15) is 5.10 Å². The van der Waals surface area contributed by atoms with E-state index in [0.29, 0.717) is 30.3 Å². The number of anilines is 1. The second-order valence-electron chi connectivity index (χ2n) is 7.84. The molecular weight excluding hydrogens is 426 g/mol. The molecular formula is C24H26ClN5O2. The summed E-state index contributed by atoms with van der Waals surface area (Å²) in [6.45, 7) is 5.56. The summed E-state index contributed by atoms with van der Waals surface area (Å²) in [6.07, 6.45) is 0.250. The van der Waals surface area contributed by atoms with Gasteiger partial charge in [0.05, 0.1) is 22.1 Å². The average molecular weight is 452 g/mol. The lowest BCUT2D eigenvalue weighted by atomic mass is 10.00. The Morgan fingerprint density at radius 2 is 1.88 bits per heavy atom. The number of amides is 2. The van der Waals surface area contributed by atoms with Crippen molar-refractivity contribution >= 4 is 29.1 Å². The van der Waals surface area contributed by atoms with Crippen molar-refractivity contribution in [3.63, 3.8) is 0 Å². The van der Waals surface area contributed by atoms with Crippen molar-refractivity contribution in [3.8, 4) is 5.69 Å². The Labute approximate surface area is 192 Å². The first-order chi connectivity index (χ1) is 15.5.